The maximum absolute atomic E-state index is 12.4. The molecule has 2 heterocycles. The summed E-state index contributed by atoms with van der Waals surface area (Å²) in [6.07, 6.45) is 7.42. The van der Waals surface area contributed by atoms with Gasteiger partial charge in [-0.05, 0) is 67.9 Å². The molecule has 2 aromatic rings. The third-order valence-electron chi connectivity index (χ3n) is 7.03. The minimum Gasteiger partial charge on any atom is -0.356 e. The van der Waals surface area contributed by atoms with Gasteiger partial charge in [0.1, 0.15) is 5.82 Å². The van der Waals surface area contributed by atoms with E-state index in [2.05, 4.69) is 42.4 Å². The van der Waals surface area contributed by atoms with Gasteiger partial charge in [-0.15, -0.1) is 0 Å². The molecule has 33 heavy (non-hydrogen) atoms. The van der Waals surface area contributed by atoms with Crippen molar-refractivity contribution in [3.63, 3.8) is 0 Å². The van der Waals surface area contributed by atoms with Crippen molar-refractivity contribution in [2.45, 2.75) is 78.2 Å². The molecule has 1 saturated carbocycles. The van der Waals surface area contributed by atoms with E-state index in [4.69, 9.17) is 4.98 Å². The van der Waals surface area contributed by atoms with Crippen LogP contribution in [0.2, 0.25) is 0 Å². The molecule has 0 bridgehead atoms. The Morgan fingerprint density at radius 1 is 1.00 bits per heavy atom. The van der Waals surface area contributed by atoms with Crippen LogP contribution in [0.5, 0.6) is 0 Å². The zero-order chi connectivity index (χ0) is 23.4. The fourth-order valence-corrected chi connectivity index (χ4v) is 5.46. The normalized spacial score (nSPS) is 21.7. The first kappa shape index (κ1) is 23.5. The van der Waals surface area contributed by atoms with Crippen LogP contribution in [0.15, 0.2) is 24.3 Å². The number of hydrogen-bond acceptors (Lipinski definition) is 4. The molecule has 1 saturated heterocycles. The Kier molecular flexibility index (Phi) is 7.51. The van der Waals surface area contributed by atoms with Crippen molar-refractivity contribution in [1.82, 2.24) is 10.3 Å². The van der Waals surface area contributed by atoms with Gasteiger partial charge in [-0.25, -0.2) is 4.98 Å². The molecular formula is C27H38N4O2. The van der Waals surface area contributed by atoms with Gasteiger partial charge in [-0.3, -0.25) is 9.59 Å². The second-order valence-corrected chi connectivity index (χ2v) is 10.3. The monoisotopic (exact) mass is 450 g/mol. The number of fused-ring (bicyclic) bond motifs is 1. The highest BCUT2D eigenvalue weighted by molar-refractivity contribution is 5.96. The summed E-state index contributed by atoms with van der Waals surface area (Å²) in [5.41, 5.74) is 2.85. The van der Waals surface area contributed by atoms with E-state index in [1.165, 1.54) is 25.7 Å². The van der Waals surface area contributed by atoms with Crippen LogP contribution in [0.4, 0.5) is 11.5 Å². The predicted octanol–water partition coefficient (Wildman–Crippen LogP) is 5.19. The maximum Gasteiger partial charge on any atom is 0.224 e. The van der Waals surface area contributed by atoms with Gasteiger partial charge in [0.25, 0.3) is 0 Å². The van der Waals surface area contributed by atoms with E-state index in [9.17, 15) is 9.59 Å². The lowest BCUT2D eigenvalue weighted by molar-refractivity contribution is -0.125. The Morgan fingerprint density at radius 3 is 2.42 bits per heavy atom. The van der Waals surface area contributed by atoms with Crippen LogP contribution in [-0.4, -0.2) is 35.9 Å². The molecule has 6 heteroatoms. The summed E-state index contributed by atoms with van der Waals surface area (Å²) in [4.78, 5) is 32.0. The number of benzene rings is 1. The standard InChI is InChI=1S/C27H38N4O2/c1-18-13-19(2)17-31(16-18)25-14-20(3)23-15-22(9-10-24(23)30-25)29-27(33)12-11-26(32)28-21-7-5-4-6-8-21/h9-10,14-15,18-19,21H,4-8,11-13,16-17H2,1-3H3,(H,28,32)(H,29,33)/t18-,19-/m0/s1. The van der Waals surface area contributed by atoms with Crippen molar-refractivity contribution in [2.75, 3.05) is 23.3 Å². The van der Waals surface area contributed by atoms with Crippen molar-refractivity contribution in [3.05, 3.63) is 29.8 Å². The second-order valence-electron chi connectivity index (χ2n) is 10.3. The number of rotatable bonds is 6. The molecule has 4 rings (SSSR count). The van der Waals surface area contributed by atoms with Crippen LogP contribution in [0.25, 0.3) is 10.9 Å². The average molecular weight is 451 g/mol. The zero-order valence-electron chi connectivity index (χ0n) is 20.3. The molecule has 1 aromatic carbocycles. The van der Waals surface area contributed by atoms with Crippen LogP contribution in [0.3, 0.4) is 0 Å². The summed E-state index contributed by atoms with van der Waals surface area (Å²) in [5, 5.41) is 7.07. The van der Waals surface area contributed by atoms with Crippen molar-refractivity contribution < 1.29 is 9.59 Å². The molecule has 2 atom stereocenters. The number of nitrogens with zero attached hydrogens (tertiary/aromatic N) is 2. The quantitative estimate of drug-likeness (QED) is 0.635. The number of amides is 2. The van der Waals surface area contributed by atoms with Gasteiger partial charge in [0.15, 0.2) is 0 Å². The Labute approximate surface area is 197 Å². The van der Waals surface area contributed by atoms with Crippen LogP contribution in [0.1, 0.15) is 70.8 Å². The number of nitrogens with one attached hydrogen (secondary N) is 2. The molecule has 2 aliphatic rings. The zero-order valence-corrected chi connectivity index (χ0v) is 20.3. The van der Waals surface area contributed by atoms with Gasteiger partial charge in [0.2, 0.25) is 11.8 Å². The topological polar surface area (TPSA) is 74.3 Å². The summed E-state index contributed by atoms with van der Waals surface area (Å²) in [6, 6.07) is 8.32. The van der Waals surface area contributed by atoms with E-state index < -0.39 is 0 Å². The van der Waals surface area contributed by atoms with Crippen LogP contribution in [0, 0.1) is 18.8 Å². The molecule has 2 fully saturated rings. The van der Waals surface area contributed by atoms with E-state index in [1.54, 1.807) is 0 Å². The minimum absolute atomic E-state index is 0.0236. The number of anilines is 2. The summed E-state index contributed by atoms with van der Waals surface area (Å²) in [7, 11) is 0. The SMILES string of the molecule is Cc1cc(N2C[C@@H](C)C[C@H](C)C2)nc2ccc(NC(=O)CCC(=O)NC3CCCCC3)cc12. The number of aromatic nitrogens is 1. The van der Waals surface area contributed by atoms with Crippen molar-refractivity contribution in [2.24, 2.45) is 11.8 Å². The summed E-state index contributed by atoms with van der Waals surface area (Å²) < 4.78 is 0. The van der Waals surface area contributed by atoms with Gasteiger partial charge in [-0.2, -0.15) is 0 Å². The molecule has 2 N–H and O–H groups in total. The molecule has 1 aliphatic carbocycles. The van der Waals surface area contributed by atoms with Crippen molar-refractivity contribution >= 4 is 34.2 Å². The lowest BCUT2D eigenvalue weighted by Crippen LogP contribution is -2.39. The number of carbonyl (C=O) groups excluding carboxylic acids is 2. The Balaban J connectivity index is 1.36. The highest BCUT2D eigenvalue weighted by Gasteiger charge is 2.23. The number of aryl methyl sites for hydroxylation is 1. The number of pyridine rings is 1. The number of hydrogen-bond donors (Lipinski definition) is 2. The molecule has 0 radical (unpaired) electrons. The molecular weight excluding hydrogens is 412 g/mol. The van der Waals surface area contributed by atoms with Gasteiger partial charge in [-0.1, -0.05) is 33.1 Å². The van der Waals surface area contributed by atoms with Crippen LogP contribution >= 0.6 is 0 Å². The Hall–Kier alpha value is -2.63. The molecule has 178 valence electrons. The lowest BCUT2D eigenvalue weighted by Gasteiger charge is -2.36. The fraction of sp³-hybridized carbons (Fsp3) is 0.593. The summed E-state index contributed by atoms with van der Waals surface area (Å²) in [6.45, 7) is 8.82. The first-order valence-electron chi connectivity index (χ1n) is 12.6. The third-order valence-corrected chi connectivity index (χ3v) is 7.03. The highest BCUT2D eigenvalue weighted by Crippen LogP contribution is 2.29. The second kappa shape index (κ2) is 10.5. The molecule has 0 unspecified atom stereocenters. The molecule has 1 aliphatic heterocycles. The van der Waals surface area contributed by atoms with E-state index in [1.807, 2.05) is 18.2 Å². The fourth-order valence-electron chi connectivity index (χ4n) is 5.46. The first-order chi connectivity index (χ1) is 15.9. The predicted molar refractivity (Wildman–Crippen MR) is 135 cm³/mol. The number of piperidine rings is 1. The van der Waals surface area contributed by atoms with Gasteiger partial charge in [0.05, 0.1) is 5.52 Å². The van der Waals surface area contributed by atoms with Crippen molar-refractivity contribution in [1.29, 1.82) is 0 Å². The van der Waals surface area contributed by atoms with E-state index >= 15 is 0 Å². The van der Waals surface area contributed by atoms with Gasteiger partial charge >= 0.3 is 0 Å². The number of carbonyl (C=O) groups is 2. The Morgan fingerprint density at radius 2 is 1.70 bits per heavy atom. The molecule has 6 nitrogen and oxygen atoms in total. The molecule has 1 aromatic heterocycles. The third kappa shape index (κ3) is 6.24. The van der Waals surface area contributed by atoms with Crippen LogP contribution in [-0.2, 0) is 9.59 Å². The van der Waals surface area contributed by atoms with E-state index in [0.717, 1.165) is 53.9 Å². The van der Waals surface area contributed by atoms with Crippen LogP contribution < -0.4 is 15.5 Å². The van der Waals surface area contributed by atoms with E-state index in [0.29, 0.717) is 11.8 Å². The largest absolute Gasteiger partial charge is 0.356 e. The Bertz CT molecular complexity index is 989. The molecule has 0 spiro atoms. The molecule has 2 amide bonds. The van der Waals surface area contributed by atoms with Crippen molar-refractivity contribution in [3.8, 4) is 0 Å². The highest BCUT2D eigenvalue weighted by atomic mass is 16.2. The summed E-state index contributed by atoms with van der Waals surface area (Å²) >= 11 is 0. The first-order valence-corrected chi connectivity index (χ1v) is 12.6. The minimum atomic E-state index is -0.133. The maximum atomic E-state index is 12.4. The lowest BCUT2D eigenvalue weighted by atomic mass is 9.92. The van der Waals surface area contributed by atoms with Gasteiger partial charge in [0, 0.05) is 43.0 Å². The van der Waals surface area contributed by atoms with E-state index in [-0.39, 0.29) is 30.7 Å². The smallest absolute Gasteiger partial charge is 0.224 e. The summed E-state index contributed by atoms with van der Waals surface area (Å²) in [5.74, 6) is 2.23. The average Bonchev–Trinajstić information content (AvgIpc) is 2.78. The van der Waals surface area contributed by atoms with Gasteiger partial charge < -0.3 is 15.5 Å².